The van der Waals surface area contributed by atoms with Crippen LogP contribution in [0.25, 0.3) is 17.2 Å². The molecule has 1 unspecified atom stereocenters. The molecule has 0 amide bonds. The fraction of sp³-hybridized carbons (Fsp3) is 0.370. The van der Waals surface area contributed by atoms with Crippen LogP contribution in [0.2, 0.25) is 0 Å². The second-order valence-electron chi connectivity index (χ2n) is 9.25. The molecule has 0 radical (unpaired) electrons. The van der Waals surface area contributed by atoms with Crippen LogP contribution in [0.5, 0.6) is 5.75 Å². The predicted octanol–water partition coefficient (Wildman–Crippen LogP) is 0.560. The average molecular weight is 615 g/mol. The standard InChI is InChI=1S/C27H32N2O8S2.K/c30-38(31,32)20-10-8-18-28-22-12-4-6-14-24(22)36-26(28)16-2-1-3-17-27-29(19-9-11-21-39(33,34)35)23-13-5-7-15-25(23)37-27;/h1-7,12-16,27H,8-11,17-21H2,(H-,30,31,32,33,34,35);/q;+1/p-1. The Bertz CT molecular complexity index is 1550. The number of aromatic nitrogens is 1. The number of rotatable bonds is 14. The molecule has 40 heavy (non-hydrogen) atoms. The van der Waals surface area contributed by atoms with Crippen LogP contribution in [0.4, 0.5) is 5.69 Å². The Morgan fingerprint density at radius 3 is 2.30 bits per heavy atom. The molecule has 0 fully saturated rings. The first-order valence-corrected chi connectivity index (χ1v) is 15.9. The SMILES string of the molecule is O=S(=O)([O-])CCCCN1c2ccccc2OC1CC=CC=Cc1oc2ccccc2[n+]1CCCCS(=O)(=O)[O-].[K+]. The number of ether oxygens (including phenoxy) is 1. The zero-order valence-electron chi connectivity index (χ0n) is 22.3. The van der Waals surface area contributed by atoms with Crippen LogP contribution in [0.3, 0.4) is 0 Å². The molecule has 4 rings (SSSR count). The van der Waals surface area contributed by atoms with E-state index < -0.39 is 20.2 Å². The summed E-state index contributed by atoms with van der Waals surface area (Å²) < 4.78 is 79.5. The molecule has 1 aliphatic heterocycles. The Balaban J connectivity index is 0.00000441. The van der Waals surface area contributed by atoms with E-state index in [4.69, 9.17) is 9.15 Å². The van der Waals surface area contributed by atoms with Crippen LogP contribution in [0, 0.1) is 0 Å². The molecule has 0 N–H and O–H groups in total. The van der Waals surface area contributed by atoms with Gasteiger partial charge in [0.05, 0.1) is 32.0 Å². The molecule has 2 heterocycles. The number of fused-ring (bicyclic) bond motifs is 2. The van der Waals surface area contributed by atoms with E-state index in [0.717, 1.165) is 17.0 Å². The molecule has 0 spiro atoms. The Hall–Kier alpha value is -1.55. The van der Waals surface area contributed by atoms with E-state index in [1.54, 1.807) is 0 Å². The van der Waals surface area contributed by atoms with E-state index in [1.165, 1.54) is 0 Å². The summed E-state index contributed by atoms with van der Waals surface area (Å²) >= 11 is 0. The van der Waals surface area contributed by atoms with Crippen LogP contribution in [-0.4, -0.2) is 50.2 Å². The molecule has 1 aromatic heterocycles. The van der Waals surface area contributed by atoms with Crippen LogP contribution in [0.15, 0.2) is 71.2 Å². The minimum absolute atomic E-state index is 0. The van der Waals surface area contributed by atoms with Gasteiger partial charge in [0, 0.05) is 37.0 Å². The van der Waals surface area contributed by atoms with Crippen molar-refractivity contribution in [1.82, 2.24) is 0 Å². The molecular formula is C27H31KN2O8S2. The average Bonchev–Trinajstić information content (AvgIpc) is 3.40. The minimum Gasteiger partial charge on any atom is -0.748 e. The van der Waals surface area contributed by atoms with Crippen molar-refractivity contribution in [2.75, 3.05) is 23.0 Å². The van der Waals surface area contributed by atoms with Gasteiger partial charge in [-0.05, 0) is 37.5 Å². The summed E-state index contributed by atoms with van der Waals surface area (Å²) in [4.78, 5) is 2.08. The molecule has 0 saturated carbocycles. The van der Waals surface area contributed by atoms with Crippen LogP contribution < -0.4 is 65.6 Å². The summed E-state index contributed by atoms with van der Waals surface area (Å²) in [6.45, 7) is 1.07. The van der Waals surface area contributed by atoms with Gasteiger partial charge < -0.3 is 23.2 Å². The normalized spacial score (nSPS) is 15.6. The molecule has 0 saturated heterocycles. The Morgan fingerprint density at radius 1 is 0.875 bits per heavy atom. The maximum atomic E-state index is 10.9. The molecule has 1 atom stereocenters. The van der Waals surface area contributed by atoms with E-state index in [0.29, 0.717) is 50.2 Å². The van der Waals surface area contributed by atoms with E-state index in [9.17, 15) is 25.9 Å². The number of hydrogen-bond donors (Lipinski definition) is 0. The fourth-order valence-corrected chi connectivity index (χ4v) is 5.64. The number of anilines is 1. The molecule has 10 nitrogen and oxygen atoms in total. The number of aryl methyl sites for hydroxylation is 1. The quantitative estimate of drug-likeness (QED) is 0.0836. The predicted molar refractivity (Wildman–Crippen MR) is 145 cm³/mol. The molecular weight excluding hydrogens is 584 g/mol. The number of para-hydroxylation sites is 4. The van der Waals surface area contributed by atoms with Gasteiger partial charge in [0.1, 0.15) is 5.75 Å². The summed E-state index contributed by atoms with van der Waals surface area (Å²) in [5, 5.41) is 0. The van der Waals surface area contributed by atoms with Crippen LogP contribution in [0.1, 0.15) is 38.0 Å². The maximum Gasteiger partial charge on any atom is 1.00 e. The molecule has 0 aliphatic carbocycles. The Morgan fingerprint density at radius 2 is 1.55 bits per heavy atom. The number of unbranched alkanes of at least 4 members (excludes halogenated alkanes) is 2. The summed E-state index contributed by atoms with van der Waals surface area (Å²) in [5.41, 5.74) is 2.52. The van der Waals surface area contributed by atoms with Gasteiger partial charge >= 0.3 is 57.3 Å². The molecule has 2 aromatic carbocycles. The third-order valence-electron chi connectivity index (χ3n) is 6.32. The number of hydrogen-bond acceptors (Lipinski definition) is 9. The molecule has 13 heteroatoms. The number of allylic oxidation sites excluding steroid dienone is 2. The van der Waals surface area contributed by atoms with Crippen molar-refractivity contribution in [2.24, 2.45) is 0 Å². The minimum atomic E-state index is -4.24. The van der Waals surface area contributed by atoms with Crippen molar-refractivity contribution in [3.8, 4) is 5.75 Å². The van der Waals surface area contributed by atoms with Gasteiger partial charge in [-0.1, -0.05) is 42.5 Å². The summed E-state index contributed by atoms with van der Waals surface area (Å²) in [5.74, 6) is 0.596. The summed E-state index contributed by atoms with van der Waals surface area (Å²) in [7, 11) is -8.46. The zero-order valence-corrected chi connectivity index (χ0v) is 27.1. The van der Waals surface area contributed by atoms with Crippen molar-refractivity contribution < 1.29 is 91.0 Å². The largest absolute Gasteiger partial charge is 1.00 e. The molecule has 210 valence electrons. The van der Waals surface area contributed by atoms with Gasteiger partial charge in [-0.15, -0.1) is 0 Å². The van der Waals surface area contributed by atoms with Crippen molar-refractivity contribution in [2.45, 2.75) is 44.9 Å². The second-order valence-corrected chi connectivity index (χ2v) is 12.3. The molecule has 3 aromatic rings. The van der Waals surface area contributed by atoms with Gasteiger partial charge in [0.25, 0.3) is 5.52 Å². The monoisotopic (exact) mass is 614 g/mol. The van der Waals surface area contributed by atoms with E-state index in [-0.39, 0.29) is 75.5 Å². The third kappa shape index (κ3) is 9.77. The van der Waals surface area contributed by atoms with E-state index >= 15 is 0 Å². The van der Waals surface area contributed by atoms with Gasteiger partial charge in [0.2, 0.25) is 5.58 Å². The number of benzene rings is 2. The Labute approximate surface area is 277 Å². The first-order chi connectivity index (χ1) is 18.6. The fourth-order valence-electron chi connectivity index (χ4n) is 4.53. The topological polar surface area (TPSA) is 144 Å². The van der Waals surface area contributed by atoms with Gasteiger partial charge in [0.15, 0.2) is 12.8 Å². The number of nitrogens with zero attached hydrogens (tertiary/aromatic N) is 2. The first kappa shape index (κ1) is 33.0. The Kier molecular flexibility index (Phi) is 12.4. The van der Waals surface area contributed by atoms with E-state index in [2.05, 4.69) is 4.90 Å². The first-order valence-electron chi connectivity index (χ1n) is 12.7. The molecule has 1 aliphatic rings. The second kappa shape index (κ2) is 15.1. The van der Waals surface area contributed by atoms with Crippen LogP contribution in [-0.2, 0) is 26.8 Å². The summed E-state index contributed by atoms with van der Waals surface area (Å²) in [6, 6.07) is 15.2. The third-order valence-corrected chi connectivity index (χ3v) is 7.89. The molecule has 0 bridgehead atoms. The van der Waals surface area contributed by atoms with Crippen molar-refractivity contribution in [3.63, 3.8) is 0 Å². The summed E-state index contributed by atoms with van der Waals surface area (Å²) in [6.07, 6.45) is 9.47. The van der Waals surface area contributed by atoms with Crippen LogP contribution >= 0.6 is 0 Å². The van der Waals surface area contributed by atoms with Gasteiger partial charge in [-0.25, -0.2) is 16.8 Å². The maximum absolute atomic E-state index is 10.9. The van der Waals surface area contributed by atoms with Gasteiger partial charge in [-0.2, -0.15) is 4.57 Å². The zero-order chi connectivity index (χ0) is 27.9. The van der Waals surface area contributed by atoms with E-state index in [1.807, 2.05) is 77.4 Å². The smallest absolute Gasteiger partial charge is 0.748 e. The van der Waals surface area contributed by atoms with Crippen molar-refractivity contribution in [1.29, 1.82) is 0 Å². The van der Waals surface area contributed by atoms with Crippen molar-refractivity contribution >= 4 is 43.1 Å². The van der Waals surface area contributed by atoms with Gasteiger partial charge in [-0.3, -0.25) is 0 Å². The number of oxazole rings is 1. The van der Waals surface area contributed by atoms with Crippen molar-refractivity contribution in [3.05, 3.63) is 72.6 Å².